The molecule has 1 amide bonds. The van der Waals surface area contributed by atoms with Crippen molar-refractivity contribution < 1.29 is 24.6 Å². The van der Waals surface area contributed by atoms with Crippen molar-refractivity contribution in [3.8, 4) is 11.1 Å². The third-order valence-electron chi connectivity index (χ3n) is 6.25. The van der Waals surface area contributed by atoms with E-state index in [9.17, 15) is 24.6 Å². The number of aryl methyl sites for hydroxylation is 1. The van der Waals surface area contributed by atoms with Crippen molar-refractivity contribution in [2.45, 2.75) is 45.2 Å². The fourth-order valence-corrected chi connectivity index (χ4v) is 4.43. The third kappa shape index (κ3) is 7.16. The van der Waals surface area contributed by atoms with Gasteiger partial charge in [-0.15, -0.1) is 5.10 Å². The molecule has 4 rings (SSSR count). The van der Waals surface area contributed by atoms with Gasteiger partial charge in [0.05, 0.1) is 12.0 Å². The maximum absolute atomic E-state index is 13.0. The zero-order chi connectivity index (χ0) is 27.8. The monoisotopic (exact) mass is 526 g/mol. The van der Waals surface area contributed by atoms with Gasteiger partial charge in [0.25, 0.3) is 5.91 Å². The van der Waals surface area contributed by atoms with Gasteiger partial charge >= 0.3 is 11.9 Å². The van der Waals surface area contributed by atoms with Crippen LogP contribution in [0.15, 0.2) is 78.9 Å². The number of nitrogens with one attached hydrogen (secondary N) is 1. The predicted octanol–water partition coefficient (Wildman–Crippen LogP) is 4.46. The lowest BCUT2D eigenvalue weighted by Gasteiger charge is -2.16. The number of hydrogen-bond donors (Lipinski definition) is 3. The minimum atomic E-state index is -1.00. The summed E-state index contributed by atoms with van der Waals surface area (Å²) in [5.74, 6) is -1.90. The molecule has 9 heteroatoms. The second-order valence-corrected chi connectivity index (χ2v) is 9.26. The van der Waals surface area contributed by atoms with Gasteiger partial charge < -0.3 is 15.5 Å². The number of rotatable bonds is 12. The number of hydrogen-bond acceptors (Lipinski definition) is 5. The molecule has 0 saturated carbocycles. The number of carboxylic acid groups (broad SMARTS) is 2. The Morgan fingerprint density at radius 3 is 2.26 bits per heavy atom. The molecule has 3 aromatic carbocycles. The molecule has 1 atom stereocenters. The Balaban J connectivity index is 1.51. The fraction of sp³-hybridized carbons (Fsp3) is 0.233. The summed E-state index contributed by atoms with van der Waals surface area (Å²) in [6, 6.07) is 23.2. The highest BCUT2D eigenvalue weighted by Crippen LogP contribution is 2.24. The SMILES string of the molecule is CCCn1nc(C(=O)NC(CC(=O)O)Cc2ccccc2)nc1Cc1ccc(-c2ccccc2C(=O)O)cc1. The molecule has 200 valence electrons. The molecule has 0 bridgehead atoms. The van der Waals surface area contributed by atoms with Crippen LogP contribution in [0.1, 0.15) is 57.7 Å². The van der Waals surface area contributed by atoms with Crippen molar-refractivity contribution in [2.75, 3.05) is 0 Å². The van der Waals surface area contributed by atoms with Crippen LogP contribution in [-0.2, 0) is 24.2 Å². The van der Waals surface area contributed by atoms with Crippen molar-refractivity contribution >= 4 is 17.8 Å². The van der Waals surface area contributed by atoms with E-state index < -0.39 is 23.9 Å². The molecule has 0 radical (unpaired) electrons. The van der Waals surface area contributed by atoms with Crippen LogP contribution in [0.4, 0.5) is 0 Å². The predicted molar refractivity (Wildman–Crippen MR) is 146 cm³/mol. The number of benzene rings is 3. The Labute approximate surface area is 226 Å². The Bertz CT molecular complexity index is 1450. The molecular weight excluding hydrogens is 496 g/mol. The van der Waals surface area contributed by atoms with E-state index in [0.29, 0.717) is 30.8 Å². The van der Waals surface area contributed by atoms with Crippen LogP contribution in [0.2, 0.25) is 0 Å². The number of nitrogens with zero attached hydrogens (tertiary/aromatic N) is 3. The van der Waals surface area contributed by atoms with Crippen LogP contribution in [0.3, 0.4) is 0 Å². The topological polar surface area (TPSA) is 134 Å². The van der Waals surface area contributed by atoms with E-state index in [-0.39, 0.29) is 17.8 Å². The van der Waals surface area contributed by atoms with Crippen LogP contribution in [0, 0.1) is 0 Å². The van der Waals surface area contributed by atoms with E-state index >= 15 is 0 Å². The lowest BCUT2D eigenvalue weighted by Crippen LogP contribution is -2.38. The Morgan fingerprint density at radius 1 is 0.897 bits per heavy atom. The van der Waals surface area contributed by atoms with E-state index in [1.807, 2.05) is 61.5 Å². The van der Waals surface area contributed by atoms with E-state index in [4.69, 9.17) is 0 Å². The fourth-order valence-electron chi connectivity index (χ4n) is 4.43. The maximum Gasteiger partial charge on any atom is 0.336 e. The molecule has 0 fully saturated rings. The second-order valence-electron chi connectivity index (χ2n) is 9.26. The van der Waals surface area contributed by atoms with E-state index in [1.165, 1.54) is 0 Å². The first-order valence-corrected chi connectivity index (χ1v) is 12.8. The van der Waals surface area contributed by atoms with Crippen molar-refractivity contribution in [3.05, 3.63) is 107 Å². The summed E-state index contributed by atoms with van der Waals surface area (Å²) in [6.45, 7) is 2.57. The summed E-state index contributed by atoms with van der Waals surface area (Å²) in [4.78, 5) is 40.5. The molecule has 1 heterocycles. The standard InChI is InChI=1S/C30H30N4O5/c1-2-16-34-26(18-21-12-14-22(15-13-21)24-10-6-7-11-25(24)30(38)39)32-28(33-34)29(37)31-23(19-27(35)36)17-20-8-4-3-5-9-20/h3-15,23H,2,16-19H2,1H3,(H,31,37)(H,35,36)(H,38,39). The van der Waals surface area contributed by atoms with Crippen LogP contribution < -0.4 is 5.32 Å². The van der Waals surface area contributed by atoms with Crippen molar-refractivity contribution in [1.29, 1.82) is 0 Å². The minimum Gasteiger partial charge on any atom is -0.481 e. The summed E-state index contributed by atoms with van der Waals surface area (Å²) in [5, 5.41) is 26.0. The Kier molecular flexibility index (Phi) is 8.83. The van der Waals surface area contributed by atoms with Crippen LogP contribution in [0.25, 0.3) is 11.1 Å². The normalized spacial score (nSPS) is 11.6. The summed E-state index contributed by atoms with van der Waals surface area (Å²) < 4.78 is 1.70. The van der Waals surface area contributed by atoms with Crippen molar-refractivity contribution in [3.63, 3.8) is 0 Å². The number of amides is 1. The quantitative estimate of drug-likeness (QED) is 0.248. The number of carboxylic acids is 2. The third-order valence-corrected chi connectivity index (χ3v) is 6.25. The smallest absolute Gasteiger partial charge is 0.336 e. The largest absolute Gasteiger partial charge is 0.481 e. The van der Waals surface area contributed by atoms with E-state index in [2.05, 4.69) is 15.4 Å². The highest BCUT2D eigenvalue weighted by Gasteiger charge is 2.22. The molecule has 0 saturated heterocycles. The van der Waals surface area contributed by atoms with Gasteiger partial charge in [-0.2, -0.15) is 0 Å². The molecule has 1 aromatic heterocycles. The number of aromatic nitrogens is 3. The molecule has 9 nitrogen and oxygen atoms in total. The minimum absolute atomic E-state index is 0.00564. The first kappa shape index (κ1) is 27.3. The van der Waals surface area contributed by atoms with Crippen LogP contribution in [-0.4, -0.2) is 48.9 Å². The maximum atomic E-state index is 13.0. The highest BCUT2D eigenvalue weighted by atomic mass is 16.4. The molecule has 0 spiro atoms. The van der Waals surface area contributed by atoms with Crippen molar-refractivity contribution in [2.24, 2.45) is 0 Å². The lowest BCUT2D eigenvalue weighted by atomic mass is 9.98. The summed E-state index contributed by atoms with van der Waals surface area (Å²) in [5.41, 5.74) is 3.50. The molecule has 39 heavy (non-hydrogen) atoms. The average molecular weight is 527 g/mol. The average Bonchev–Trinajstić information content (AvgIpc) is 3.32. The van der Waals surface area contributed by atoms with Crippen LogP contribution in [0.5, 0.6) is 0 Å². The molecule has 0 aliphatic carbocycles. The van der Waals surface area contributed by atoms with Gasteiger partial charge in [0.2, 0.25) is 5.82 Å². The number of aromatic carboxylic acids is 1. The van der Waals surface area contributed by atoms with Gasteiger partial charge in [0.1, 0.15) is 5.82 Å². The zero-order valence-electron chi connectivity index (χ0n) is 21.6. The molecule has 0 aliphatic rings. The van der Waals surface area contributed by atoms with Gasteiger partial charge in [-0.05, 0) is 41.2 Å². The first-order chi connectivity index (χ1) is 18.8. The van der Waals surface area contributed by atoms with Gasteiger partial charge in [-0.3, -0.25) is 9.59 Å². The summed E-state index contributed by atoms with van der Waals surface area (Å²) in [6.07, 6.45) is 1.36. The van der Waals surface area contributed by atoms with Gasteiger partial charge in [0.15, 0.2) is 0 Å². The molecular formula is C30H30N4O5. The number of carbonyl (C=O) groups is 3. The lowest BCUT2D eigenvalue weighted by molar-refractivity contribution is -0.137. The molecule has 1 unspecified atom stereocenters. The second kappa shape index (κ2) is 12.6. The van der Waals surface area contributed by atoms with Gasteiger partial charge in [-0.25, -0.2) is 14.5 Å². The van der Waals surface area contributed by atoms with E-state index in [0.717, 1.165) is 23.1 Å². The first-order valence-electron chi connectivity index (χ1n) is 12.8. The van der Waals surface area contributed by atoms with Gasteiger partial charge in [-0.1, -0.05) is 79.7 Å². The molecule has 4 aromatic rings. The Morgan fingerprint density at radius 2 is 1.59 bits per heavy atom. The Hall–Kier alpha value is -4.79. The summed E-state index contributed by atoms with van der Waals surface area (Å²) in [7, 11) is 0. The van der Waals surface area contributed by atoms with Crippen molar-refractivity contribution in [1.82, 2.24) is 20.1 Å². The number of carbonyl (C=O) groups excluding carboxylic acids is 1. The highest BCUT2D eigenvalue weighted by molar-refractivity contribution is 5.96. The number of aliphatic carboxylic acids is 1. The molecule has 3 N–H and O–H groups in total. The molecule has 0 aliphatic heterocycles. The van der Waals surface area contributed by atoms with E-state index in [1.54, 1.807) is 28.9 Å². The van der Waals surface area contributed by atoms with Gasteiger partial charge in [0, 0.05) is 19.0 Å². The van der Waals surface area contributed by atoms with Crippen LogP contribution >= 0.6 is 0 Å². The summed E-state index contributed by atoms with van der Waals surface area (Å²) >= 11 is 0. The zero-order valence-corrected chi connectivity index (χ0v) is 21.6.